The lowest BCUT2D eigenvalue weighted by Crippen LogP contribution is -2.31. The van der Waals surface area contributed by atoms with Crippen LogP contribution in [0.15, 0.2) is 24.3 Å². The number of piperidine rings is 1. The van der Waals surface area contributed by atoms with Gasteiger partial charge in [0, 0.05) is 25.6 Å². The number of aromatic nitrogens is 3. The fourth-order valence-corrected chi connectivity index (χ4v) is 4.15. The van der Waals surface area contributed by atoms with Crippen LogP contribution in [0.1, 0.15) is 48.8 Å². The van der Waals surface area contributed by atoms with E-state index in [-0.39, 0.29) is 5.82 Å². The zero-order valence-corrected chi connectivity index (χ0v) is 16.1. The third kappa shape index (κ3) is 4.74. The van der Waals surface area contributed by atoms with Crippen LogP contribution < -0.4 is 0 Å². The van der Waals surface area contributed by atoms with Gasteiger partial charge in [-0.3, -0.25) is 0 Å². The van der Waals surface area contributed by atoms with E-state index >= 15 is 0 Å². The number of nitrogens with zero attached hydrogens (tertiary/aromatic N) is 4. The fourth-order valence-electron chi connectivity index (χ4n) is 4.15. The number of ether oxygens (including phenoxy) is 1. The number of rotatable bonds is 5. The molecule has 0 amide bonds. The number of halogens is 1. The molecule has 27 heavy (non-hydrogen) atoms. The van der Waals surface area contributed by atoms with E-state index < -0.39 is 0 Å². The molecule has 0 spiro atoms. The summed E-state index contributed by atoms with van der Waals surface area (Å²) in [6.07, 6.45) is 5.39. The van der Waals surface area contributed by atoms with Crippen molar-refractivity contribution in [1.29, 1.82) is 0 Å². The molecule has 2 saturated heterocycles. The summed E-state index contributed by atoms with van der Waals surface area (Å²) in [7, 11) is 2.19. The van der Waals surface area contributed by atoms with Crippen molar-refractivity contribution in [1.82, 2.24) is 19.7 Å². The van der Waals surface area contributed by atoms with Crippen LogP contribution in [0, 0.1) is 11.7 Å². The van der Waals surface area contributed by atoms with Crippen molar-refractivity contribution in [2.75, 3.05) is 33.4 Å². The molecule has 1 aromatic heterocycles. The Morgan fingerprint density at radius 3 is 2.48 bits per heavy atom. The molecule has 3 heterocycles. The molecule has 2 aromatic rings. The molecule has 0 saturated carbocycles. The standard InChI is InChI=1S/C21H29FN4O/c1-25-10-6-16(7-11-25)14-20-23-21(18-8-12-27-13-9-18)26(24-20)15-17-2-4-19(22)5-3-17/h2-5,16,18H,6-15H2,1H3. The van der Waals surface area contributed by atoms with Crippen molar-refractivity contribution in [3.8, 4) is 0 Å². The second-order valence-electron chi connectivity index (χ2n) is 8.01. The Kier molecular flexibility index (Phi) is 5.83. The molecule has 6 heteroatoms. The van der Waals surface area contributed by atoms with Crippen LogP contribution in [0.5, 0.6) is 0 Å². The molecule has 0 N–H and O–H groups in total. The van der Waals surface area contributed by atoms with Gasteiger partial charge < -0.3 is 9.64 Å². The van der Waals surface area contributed by atoms with Gasteiger partial charge >= 0.3 is 0 Å². The Morgan fingerprint density at radius 1 is 1.07 bits per heavy atom. The lowest BCUT2D eigenvalue weighted by atomic mass is 9.93. The van der Waals surface area contributed by atoms with Gasteiger partial charge in [-0.1, -0.05) is 12.1 Å². The minimum absolute atomic E-state index is 0.204. The Hall–Kier alpha value is -1.79. The predicted octanol–water partition coefficient (Wildman–Crippen LogP) is 3.24. The highest BCUT2D eigenvalue weighted by Gasteiger charge is 2.25. The summed E-state index contributed by atoms with van der Waals surface area (Å²) in [4.78, 5) is 7.36. The van der Waals surface area contributed by atoms with Crippen LogP contribution in [0.2, 0.25) is 0 Å². The van der Waals surface area contributed by atoms with Crippen molar-refractivity contribution in [3.63, 3.8) is 0 Å². The molecule has 1 aromatic carbocycles. The minimum Gasteiger partial charge on any atom is -0.381 e. The Balaban J connectivity index is 1.53. The monoisotopic (exact) mass is 372 g/mol. The second-order valence-corrected chi connectivity index (χ2v) is 8.01. The van der Waals surface area contributed by atoms with E-state index in [2.05, 4.69) is 11.9 Å². The van der Waals surface area contributed by atoms with Gasteiger partial charge in [0.1, 0.15) is 11.6 Å². The van der Waals surface area contributed by atoms with Crippen LogP contribution >= 0.6 is 0 Å². The minimum atomic E-state index is -0.204. The Labute approximate surface area is 160 Å². The zero-order chi connectivity index (χ0) is 18.6. The molecule has 146 valence electrons. The number of hydrogen-bond donors (Lipinski definition) is 0. The van der Waals surface area contributed by atoms with E-state index in [1.165, 1.54) is 25.0 Å². The van der Waals surface area contributed by atoms with E-state index in [0.29, 0.717) is 18.4 Å². The van der Waals surface area contributed by atoms with Crippen LogP contribution in [-0.4, -0.2) is 53.0 Å². The molecule has 2 aliphatic heterocycles. The van der Waals surface area contributed by atoms with Gasteiger partial charge in [-0.15, -0.1) is 0 Å². The van der Waals surface area contributed by atoms with E-state index in [9.17, 15) is 4.39 Å². The molecule has 0 unspecified atom stereocenters. The first-order chi connectivity index (χ1) is 13.2. The second kappa shape index (κ2) is 8.48. The summed E-state index contributed by atoms with van der Waals surface area (Å²) in [5.41, 5.74) is 1.06. The van der Waals surface area contributed by atoms with E-state index in [1.807, 2.05) is 16.8 Å². The number of hydrogen-bond acceptors (Lipinski definition) is 4. The first kappa shape index (κ1) is 18.6. The molecule has 4 rings (SSSR count). The molecule has 0 bridgehead atoms. The van der Waals surface area contributed by atoms with Gasteiger partial charge in [-0.05, 0) is 69.4 Å². The molecule has 0 atom stereocenters. The van der Waals surface area contributed by atoms with Crippen molar-refractivity contribution >= 4 is 0 Å². The van der Waals surface area contributed by atoms with Crippen LogP contribution in [0.4, 0.5) is 4.39 Å². The average Bonchev–Trinajstić information content (AvgIpc) is 3.08. The highest BCUT2D eigenvalue weighted by Crippen LogP contribution is 2.27. The average molecular weight is 372 g/mol. The van der Waals surface area contributed by atoms with Gasteiger partial charge in [-0.25, -0.2) is 14.1 Å². The summed E-state index contributed by atoms with van der Waals surface area (Å²) in [5.74, 6) is 2.91. The summed E-state index contributed by atoms with van der Waals surface area (Å²) in [5, 5.41) is 4.87. The smallest absolute Gasteiger partial charge is 0.151 e. The van der Waals surface area contributed by atoms with Crippen molar-refractivity contribution < 1.29 is 9.13 Å². The number of benzene rings is 1. The van der Waals surface area contributed by atoms with Crippen molar-refractivity contribution in [2.24, 2.45) is 5.92 Å². The lowest BCUT2D eigenvalue weighted by Gasteiger charge is -2.28. The van der Waals surface area contributed by atoms with Crippen LogP contribution in [0.25, 0.3) is 0 Å². The highest BCUT2D eigenvalue weighted by molar-refractivity contribution is 5.17. The predicted molar refractivity (Wildman–Crippen MR) is 102 cm³/mol. The lowest BCUT2D eigenvalue weighted by molar-refractivity contribution is 0.0826. The topological polar surface area (TPSA) is 43.2 Å². The first-order valence-electron chi connectivity index (χ1n) is 10.1. The van der Waals surface area contributed by atoms with Crippen molar-refractivity contribution in [3.05, 3.63) is 47.3 Å². The molecule has 2 aliphatic rings. The van der Waals surface area contributed by atoms with E-state index in [4.69, 9.17) is 14.8 Å². The maximum absolute atomic E-state index is 13.2. The van der Waals surface area contributed by atoms with Gasteiger partial charge in [0.25, 0.3) is 0 Å². The van der Waals surface area contributed by atoms with Gasteiger partial charge in [0.15, 0.2) is 5.82 Å². The quantitative estimate of drug-likeness (QED) is 0.808. The van der Waals surface area contributed by atoms with Gasteiger partial charge in [0.2, 0.25) is 0 Å². The molecule has 5 nitrogen and oxygen atoms in total. The largest absolute Gasteiger partial charge is 0.381 e. The molecule has 0 aliphatic carbocycles. The number of likely N-dealkylation sites (tertiary alicyclic amines) is 1. The Morgan fingerprint density at radius 2 is 1.78 bits per heavy atom. The summed E-state index contributed by atoms with van der Waals surface area (Å²) in [6.45, 7) is 4.55. The molecular weight excluding hydrogens is 343 g/mol. The van der Waals surface area contributed by atoms with Crippen molar-refractivity contribution in [2.45, 2.75) is 44.6 Å². The normalized spacial score (nSPS) is 20.2. The Bertz CT molecular complexity index is 731. The van der Waals surface area contributed by atoms with Crippen LogP contribution in [0.3, 0.4) is 0 Å². The zero-order valence-electron chi connectivity index (χ0n) is 16.1. The molecule has 2 fully saturated rings. The summed E-state index contributed by atoms with van der Waals surface area (Å²) < 4.78 is 20.8. The third-order valence-corrected chi connectivity index (χ3v) is 5.89. The van der Waals surface area contributed by atoms with E-state index in [1.54, 1.807) is 0 Å². The highest BCUT2D eigenvalue weighted by atomic mass is 19.1. The van der Waals surface area contributed by atoms with Gasteiger partial charge in [-0.2, -0.15) is 5.10 Å². The molecule has 0 radical (unpaired) electrons. The molecular formula is C21H29FN4O. The maximum Gasteiger partial charge on any atom is 0.151 e. The summed E-state index contributed by atoms with van der Waals surface area (Å²) in [6, 6.07) is 6.70. The van der Waals surface area contributed by atoms with Crippen LogP contribution in [-0.2, 0) is 17.7 Å². The third-order valence-electron chi connectivity index (χ3n) is 5.89. The fraction of sp³-hybridized carbons (Fsp3) is 0.619. The summed E-state index contributed by atoms with van der Waals surface area (Å²) >= 11 is 0. The van der Waals surface area contributed by atoms with E-state index in [0.717, 1.165) is 62.8 Å². The SMILES string of the molecule is CN1CCC(Cc2nc(C3CCOCC3)n(Cc3ccc(F)cc3)n2)CC1. The van der Waals surface area contributed by atoms with Gasteiger partial charge in [0.05, 0.1) is 6.54 Å². The first-order valence-corrected chi connectivity index (χ1v) is 10.1. The maximum atomic E-state index is 13.2.